The summed E-state index contributed by atoms with van der Waals surface area (Å²) < 4.78 is 7.43. The molecule has 0 aliphatic heterocycles. The zero-order valence-electron chi connectivity index (χ0n) is 20.1. The Morgan fingerprint density at radius 2 is 1.97 bits per heavy atom. The van der Waals surface area contributed by atoms with Crippen molar-refractivity contribution in [3.63, 3.8) is 0 Å². The molecule has 2 heterocycles. The van der Waals surface area contributed by atoms with Gasteiger partial charge in [-0.05, 0) is 62.1 Å². The number of amides is 1. The van der Waals surface area contributed by atoms with E-state index in [1.165, 1.54) is 0 Å². The standard InChI is InChI=1S/C26H28N6O3/c1-4-35-11-5-10-32-23-14-20-19(29-25(34)22(28-20)12-16(2)3)13-21(23)30-26(32)31-24(33)18-8-6-17(15-27)7-9-18/h6-9,13-14,16H,4-5,10-12H2,1-3H3,(H,29,34)(H,30,31,33). The summed E-state index contributed by atoms with van der Waals surface area (Å²) in [6.07, 6.45) is 1.32. The van der Waals surface area contributed by atoms with Crippen LogP contribution < -0.4 is 10.9 Å². The lowest BCUT2D eigenvalue weighted by atomic mass is 10.1. The summed E-state index contributed by atoms with van der Waals surface area (Å²) in [6, 6.07) is 12.1. The number of imidazole rings is 1. The number of fused-ring (bicyclic) bond motifs is 2. The molecule has 0 atom stereocenters. The lowest BCUT2D eigenvalue weighted by Gasteiger charge is -2.11. The zero-order valence-corrected chi connectivity index (χ0v) is 20.1. The second-order valence-electron chi connectivity index (χ2n) is 8.75. The molecule has 180 valence electrons. The number of anilines is 1. The fraction of sp³-hybridized carbons (Fsp3) is 0.346. The molecule has 0 saturated carbocycles. The van der Waals surface area contributed by atoms with E-state index in [0.717, 1.165) is 11.9 Å². The number of nitrogens with zero attached hydrogens (tertiary/aromatic N) is 4. The maximum atomic E-state index is 12.9. The van der Waals surface area contributed by atoms with Gasteiger partial charge in [0.25, 0.3) is 11.5 Å². The number of hydrogen-bond donors (Lipinski definition) is 2. The first-order valence-electron chi connectivity index (χ1n) is 11.7. The molecule has 2 aromatic heterocycles. The van der Waals surface area contributed by atoms with Gasteiger partial charge in [0.15, 0.2) is 0 Å². The molecule has 2 N–H and O–H groups in total. The van der Waals surface area contributed by atoms with Gasteiger partial charge in [-0.3, -0.25) is 14.9 Å². The van der Waals surface area contributed by atoms with Gasteiger partial charge >= 0.3 is 0 Å². The third-order valence-corrected chi connectivity index (χ3v) is 5.61. The molecule has 0 unspecified atom stereocenters. The number of aromatic amines is 1. The van der Waals surface area contributed by atoms with E-state index in [0.29, 0.717) is 71.4 Å². The number of H-pyrrole nitrogens is 1. The van der Waals surface area contributed by atoms with Crippen LogP contribution in [0.1, 0.15) is 48.8 Å². The highest BCUT2D eigenvalue weighted by Gasteiger charge is 2.17. The Balaban J connectivity index is 1.75. The van der Waals surface area contributed by atoms with Crippen molar-refractivity contribution >= 4 is 33.9 Å². The van der Waals surface area contributed by atoms with Crippen LogP contribution >= 0.6 is 0 Å². The number of aromatic nitrogens is 4. The minimum absolute atomic E-state index is 0.198. The quantitative estimate of drug-likeness (QED) is 0.354. The van der Waals surface area contributed by atoms with Crippen molar-refractivity contribution in [2.75, 3.05) is 18.5 Å². The van der Waals surface area contributed by atoms with E-state index < -0.39 is 0 Å². The first-order valence-corrected chi connectivity index (χ1v) is 11.7. The van der Waals surface area contributed by atoms with E-state index in [2.05, 4.69) is 20.3 Å². The molecule has 4 rings (SSSR count). The number of nitrogens with one attached hydrogen (secondary N) is 2. The number of ether oxygens (including phenoxy) is 1. The number of carbonyl (C=O) groups excluding carboxylic acids is 1. The van der Waals surface area contributed by atoms with E-state index in [1.807, 2.05) is 37.5 Å². The Kier molecular flexibility index (Phi) is 7.22. The zero-order chi connectivity index (χ0) is 24.9. The predicted molar refractivity (Wildman–Crippen MR) is 134 cm³/mol. The van der Waals surface area contributed by atoms with Crippen LogP contribution in [-0.2, 0) is 17.7 Å². The Hall–Kier alpha value is -4.03. The topological polar surface area (TPSA) is 126 Å². The van der Waals surface area contributed by atoms with Gasteiger partial charge in [0.1, 0.15) is 5.69 Å². The SMILES string of the molecule is CCOCCCn1c(NC(=O)c2ccc(C#N)cc2)nc2cc3[nH]c(=O)c(CC(C)C)nc3cc21. The summed E-state index contributed by atoms with van der Waals surface area (Å²) in [6.45, 7) is 7.83. The number of hydrogen-bond acceptors (Lipinski definition) is 6. The number of benzene rings is 2. The molecular weight excluding hydrogens is 444 g/mol. The van der Waals surface area contributed by atoms with Crippen LogP contribution in [0, 0.1) is 17.2 Å². The van der Waals surface area contributed by atoms with Gasteiger partial charge in [-0.1, -0.05) is 13.8 Å². The maximum absolute atomic E-state index is 12.9. The highest BCUT2D eigenvalue weighted by molar-refractivity contribution is 6.04. The van der Waals surface area contributed by atoms with Gasteiger partial charge in [0.05, 0.1) is 33.7 Å². The molecule has 0 bridgehead atoms. The first-order chi connectivity index (χ1) is 16.9. The molecule has 9 heteroatoms. The second-order valence-corrected chi connectivity index (χ2v) is 8.75. The van der Waals surface area contributed by atoms with Crippen LogP contribution in [0.4, 0.5) is 5.95 Å². The van der Waals surface area contributed by atoms with Crippen molar-refractivity contribution in [2.45, 2.75) is 40.2 Å². The van der Waals surface area contributed by atoms with Crippen LogP contribution in [0.15, 0.2) is 41.2 Å². The van der Waals surface area contributed by atoms with Gasteiger partial charge in [0, 0.05) is 25.3 Å². The van der Waals surface area contributed by atoms with E-state index in [1.54, 1.807) is 30.3 Å². The number of nitriles is 1. The van der Waals surface area contributed by atoms with Gasteiger partial charge < -0.3 is 14.3 Å². The Labute approximate surface area is 202 Å². The Morgan fingerprint density at radius 1 is 1.20 bits per heavy atom. The summed E-state index contributed by atoms with van der Waals surface area (Å²) in [5.41, 5.74) is 3.92. The monoisotopic (exact) mass is 472 g/mol. The fourth-order valence-corrected chi connectivity index (χ4v) is 3.93. The normalized spacial score (nSPS) is 11.3. The van der Waals surface area contributed by atoms with E-state index in [9.17, 15) is 9.59 Å². The van der Waals surface area contributed by atoms with Gasteiger partial charge in [-0.15, -0.1) is 0 Å². The average Bonchev–Trinajstić information content (AvgIpc) is 3.16. The second kappa shape index (κ2) is 10.5. The number of aryl methyl sites for hydroxylation is 1. The van der Waals surface area contributed by atoms with Gasteiger partial charge in [-0.2, -0.15) is 5.26 Å². The van der Waals surface area contributed by atoms with Crippen LogP contribution in [0.2, 0.25) is 0 Å². The van der Waals surface area contributed by atoms with Crippen molar-refractivity contribution in [2.24, 2.45) is 5.92 Å². The van der Waals surface area contributed by atoms with Crippen LogP contribution in [0.3, 0.4) is 0 Å². The van der Waals surface area contributed by atoms with Crippen LogP contribution in [0.25, 0.3) is 22.1 Å². The summed E-state index contributed by atoms with van der Waals surface area (Å²) in [7, 11) is 0. The third-order valence-electron chi connectivity index (χ3n) is 5.61. The molecule has 1 amide bonds. The first kappa shape index (κ1) is 24.1. The highest BCUT2D eigenvalue weighted by Crippen LogP contribution is 2.25. The average molecular weight is 473 g/mol. The predicted octanol–water partition coefficient (Wildman–Crippen LogP) is 4.02. The molecule has 0 radical (unpaired) electrons. The minimum atomic E-state index is -0.328. The number of rotatable bonds is 9. The molecule has 4 aromatic rings. The van der Waals surface area contributed by atoms with Gasteiger partial charge in [0.2, 0.25) is 5.95 Å². The van der Waals surface area contributed by atoms with E-state index in [4.69, 9.17) is 10.00 Å². The Morgan fingerprint density at radius 3 is 2.66 bits per heavy atom. The highest BCUT2D eigenvalue weighted by atomic mass is 16.5. The molecule has 0 aliphatic rings. The summed E-state index contributed by atoms with van der Waals surface area (Å²) in [5.74, 6) is 0.370. The smallest absolute Gasteiger partial charge is 0.270 e. The van der Waals surface area contributed by atoms with Crippen molar-refractivity contribution in [3.05, 3.63) is 63.6 Å². The molecular formula is C26H28N6O3. The lowest BCUT2D eigenvalue weighted by molar-refractivity contribution is 0.102. The van der Waals surface area contributed by atoms with Crippen molar-refractivity contribution in [3.8, 4) is 6.07 Å². The number of carbonyl (C=O) groups is 1. The van der Waals surface area contributed by atoms with Crippen LogP contribution in [-0.4, -0.2) is 38.6 Å². The molecule has 0 spiro atoms. The third kappa shape index (κ3) is 5.39. The fourth-order valence-electron chi connectivity index (χ4n) is 3.93. The van der Waals surface area contributed by atoms with Crippen molar-refractivity contribution in [1.29, 1.82) is 5.26 Å². The summed E-state index contributed by atoms with van der Waals surface area (Å²) in [5, 5.41) is 11.9. The molecule has 2 aromatic carbocycles. The van der Waals surface area contributed by atoms with E-state index >= 15 is 0 Å². The minimum Gasteiger partial charge on any atom is -0.382 e. The van der Waals surface area contributed by atoms with Gasteiger partial charge in [-0.25, -0.2) is 9.97 Å². The summed E-state index contributed by atoms with van der Waals surface area (Å²) in [4.78, 5) is 37.6. The lowest BCUT2D eigenvalue weighted by Crippen LogP contribution is -2.17. The summed E-state index contributed by atoms with van der Waals surface area (Å²) >= 11 is 0. The van der Waals surface area contributed by atoms with E-state index in [-0.39, 0.29) is 11.5 Å². The molecule has 0 aliphatic carbocycles. The Bertz CT molecular complexity index is 1460. The molecule has 0 saturated heterocycles. The molecule has 0 fully saturated rings. The molecule has 35 heavy (non-hydrogen) atoms. The largest absolute Gasteiger partial charge is 0.382 e. The van der Waals surface area contributed by atoms with Crippen molar-refractivity contribution in [1.82, 2.24) is 19.5 Å². The molecule has 9 nitrogen and oxygen atoms in total. The van der Waals surface area contributed by atoms with Crippen molar-refractivity contribution < 1.29 is 9.53 Å². The van der Waals surface area contributed by atoms with Crippen LogP contribution in [0.5, 0.6) is 0 Å². The maximum Gasteiger partial charge on any atom is 0.270 e.